The molecule has 0 unspecified atom stereocenters. The second kappa shape index (κ2) is 6.01. The van der Waals surface area contributed by atoms with Gasteiger partial charge in [0.1, 0.15) is 0 Å². The molecule has 1 N–H and O–H groups in total. The first-order valence-electron chi connectivity index (χ1n) is 7.50. The van der Waals surface area contributed by atoms with E-state index in [-0.39, 0.29) is 0 Å². The third kappa shape index (κ3) is 2.69. The number of benzene rings is 2. The molecule has 3 nitrogen and oxygen atoms in total. The normalized spacial score (nSPS) is 19.9. The Kier molecular flexibility index (Phi) is 4.08. The Bertz CT molecular complexity index is 699. The zero-order chi connectivity index (χ0) is 15.6. The van der Waals surface area contributed by atoms with Gasteiger partial charge >= 0.3 is 0 Å². The summed E-state index contributed by atoms with van der Waals surface area (Å²) in [4.78, 5) is 4.57. The van der Waals surface area contributed by atoms with Gasteiger partial charge in [0.15, 0.2) is 5.60 Å². The Morgan fingerprint density at radius 1 is 1.18 bits per heavy atom. The fourth-order valence-electron chi connectivity index (χ4n) is 2.65. The van der Waals surface area contributed by atoms with Crippen LogP contribution in [0.3, 0.4) is 0 Å². The van der Waals surface area contributed by atoms with Crippen molar-refractivity contribution >= 4 is 23.3 Å². The molecule has 0 saturated heterocycles. The molecule has 114 valence electrons. The highest BCUT2D eigenvalue weighted by Crippen LogP contribution is 2.42. The van der Waals surface area contributed by atoms with Crippen molar-refractivity contribution in [2.75, 3.05) is 6.54 Å². The monoisotopic (exact) mass is 314 g/mol. The van der Waals surface area contributed by atoms with E-state index in [0.29, 0.717) is 11.0 Å². The molecule has 0 spiro atoms. The van der Waals surface area contributed by atoms with E-state index in [0.717, 1.165) is 29.8 Å². The molecule has 3 rings (SSSR count). The summed E-state index contributed by atoms with van der Waals surface area (Å²) < 4.78 is 6.22. The van der Waals surface area contributed by atoms with Gasteiger partial charge in [-0.2, -0.15) is 4.99 Å². The molecule has 1 heterocycles. The molecule has 0 radical (unpaired) electrons. The highest BCUT2D eigenvalue weighted by Gasteiger charge is 2.37. The summed E-state index contributed by atoms with van der Waals surface area (Å²) in [5.74, 6) is 0. The highest BCUT2D eigenvalue weighted by atomic mass is 35.5. The lowest BCUT2D eigenvalue weighted by molar-refractivity contribution is 0.105. The maximum Gasteiger partial charge on any atom is 0.291 e. The van der Waals surface area contributed by atoms with E-state index < -0.39 is 5.60 Å². The van der Waals surface area contributed by atoms with Gasteiger partial charge in [-0.05, 0) is 37.1 Å². The average molecular weight is 315 g/mol. The van der Waals surface area contributed by atoms with E-state index in [4.69, 9.17) is 16.3 Å². The van der Waals surface area contributed by atoms with Crippen LogP contribution in [0.15, 0.2) is 53.5 Å². The summed E-state index contributed by atoms with van der Waals surface area (Å²) in [5.41, 5.74) is 2.33. The van der Waals surface area contributed by atoms with Crippen LogP contribution in [0.2, 0.25) is 5.02 Å². The van der Waals surface area contributed by atoms with Crippen molar-refractivity contribution in [3.63, 3.8) is 0 Å². The Balaban J connectivity index is 2.11. The molecule has 0 amide bonds. The molecular formula is C18H19ClN2O. The smallest absolute Gasteiger partial charge is 0.291 e. The van der Waals surface area contributed by atoms with Gasteiger partial charge in [-0.15, -0.1) is 0 Å². The Labute approximate surface area is 136 Å². The minimum Gasteiger partial charge on any atom is -0.449 e. The van der Waals surface area contributed by atoms with Crippen LogP contribution < -0.4 is 5.32 Å². The number of nitrogens with zero attached hydrogens (tertiary/aromatic N) is 1. The van der Waals surface area contributed by atoms with Crippen molar-refractivity contribution in [3.8, 4) is 0 Å². The first-order valence-corrected chi connectivity index (χ1v) is 7.88. The lowest BCUT2D eigenvalue weighted by Crippen LogP contribution is -2.39. The molecular weight excluding hydrogens is 296 g/mol. The van der Waals surface area contributed by atoms with E-state index in [9.17, 15) is 0 Å². The lowest BCUT2D eigenvalue weighted by Gasteiger charge is -2.36. The van der Waals surface area contributed by atoms with Crippen molar-refractivity contribution in [2.45, 2.75) is 25.9 Å². The zero-order valence-corrected chi connectivity index (χ0v) is 13.5. The summed E-state index contributed by atoms with van der Waals surface area (Å²) in [6, 6.07) is 16.4. The van der Waals surface area contributed by atoms with Gasteiger partial charge in [-0.3, -0.25) is 0 Å². The van der Waals surface area contributed by atoms with Crippen molar-refractivity contribution in [1.29, 1.82) is 0 Å². The predicted molar refractivity (Wildman–Crippen MR) is 90.8 cm³/mol. The van der Waals surface area contributed by atoms with Crippen LogP contribution in [0.5, 0.6) is 0 Å². The quantitative estimate of drug-likeness (QED) is 0.896. The zero-order valence-electron chi connectivity index (χ0n) is 12.8. The SMILES string of the molecule is CCCNC1=Nc2ccc(Cl)cc2[C@@](C)(c2ccccc2)O1. The average Bonchev–Trinajstić information content (AvgIpc) is 2.54. The van der Waals surface area contributed by atoms with Gasteiger partial charge in [0.05, 0.1) is 5.69 Å². The van der Waals surface area contributed by atoms with Gasteiger partial charge in [0, 0.05) is 17.1 Å². The number of rotatable bonds is 3. The van der Waals surface area contributed by atoms with E-state index in [1.165, 1.54) is 0 Å². The fraction of sp³-hybridized carbons (Fsp3) is 0.278. The number of hydrogen-bond acceptors (Lipinski definition) is 3. The maximum absolute atomic E-state index is 6.22. The van der Waals surface area contributed by atoms with E-state index in [1.54, 1.807) is 0 Å². The van der Waals surface area contributed by atoms with Crippen molar-refractivity contribution in [3.05, 3.63) is 64.7 Å². The molecule has 0 fully saturated rings. The summed E-state index contributed by atoms with van der Waals surface area (Å²) in [6.07, 6.45) is 1.01. The van der Waals surface area contributed by atoms with Crippen LogP contribution in [0.25, 0.3) is 0 Å². The van der Waals surface area contributed by atoms with Crippen LogP contribution >= 0.6 is 11.6 Å². The molecule has 0 aromatic heterocycles. The predicted octanol–water partition coefficient (Wildman–Crippen LogP) is 4.62. The summed E-state index contributed by atoms with van der Waals surface area (Å²) in [5, 5.41) is 3.93. The maximum atomic E-state index is 6.22. The van der Waals surface area contributed by atoms with Gasteiger partial charge in [0.2, 0.25) is 0 Å². The topological polar surface area (TPSA) is 33.6 Å². The fourth-order valence-corrected chi connectivity index (χ4v) is 2.82. The Morgan fingerprint density at radius 2 is 1.95 bits per heavy atom. The molecule has 4 heteroatoms. The standard InChI is InChI=1S/C18H19ClN2O/c1-3-11-20-17-21-16-10-9-14(19)12-15(16)18(2,22-17)13-7-5-4-6-8-13/h4-10,12H,3,11H2,1-2H3,(H,20,21)/t18-/m1/s1. The summed E-state index contributed by atoms with van der Waals surface area (Å²) >= 11 is 6.19. The molecule has 2 aromatic rings. The first-order chi connectivity index (χ1) is 10.6. The number of fused-ring (bicyclic) bond motifs is 1. The number of hydrogen-bond donors (Lipinski definition) is 1. The van der Waals surface area contributed by atoms with Crippen molar-refractivity contribution in [1.82, 2.24) is 5.32 Å². The molecule has 0 bridgehead atoms. The molecule has 0 aliphatic carbocycles. The van der Waals surface area contributed by atoms with E-state index in [2.05, 4.69) is 36.3 Å². The second-order valence-electron chi connectivity index (χ2n) is 5.51. The van der Waals surface area contributed by atoms with E-state index in [1.807, 2.05) is 36.4 Å². The third-order valence-corrected chi connectivity index (χ3v) is 4.08. The van der Waals surface area contributed by atoms with Crippen LogP contribution in [0, 0.1) is 0 Å². The van der Waals surface area contributed by atoms with Crippen LogP contribution in [0.1, 0.15) is 31.4 Å². The minimum atomic E-state index is -0.612. The molecule has 1 aliphatic heterocycles. The first kappa shape index (κ1) is 14.9. The largest absolute Gasteiger partial charge is 0.449 e. The summed E-state index contributed by atoms with van der Waals surface area (Å²) in [7, 11) is 0. The van der Waals surface area contributed by atoms with Gasteiger partial charge in [-0.1, -0.05) is 48.9 Å². The third-order valence-electron chi connectivity index (χ3n) is 3.85. The number of nitrogens with one attached hydrogen (secondary N) is 1. The van der Waals surface area contributed by atoms with Crippen LogP contribution in [0.4, 0.5) is 5.69 Å². The summed E-state index contributed by atoms with van der Waals surface area (Å²) in [6.45, 7) is 4.99. The highest BCUT2D eigenvalue weighted by molar-refractivity contribution is 6.30. The minimum absolute atomic E-state index is 0.558. The Hall–Kier alpha value is -2.00. The molecule has 2 aromatic carbocycles. The molecule has 1 aliphatic rings. The number of ether oxygens (including phenoxy) is 1. The van der Waals surface area contributed by atoms with Crippen molar-refractivity contribution < 1.29 is 4.74 Å². The van der Waals surface area contributed by atoms with Crippen molar-refractivity contribution in [2.24, 2.45) is 4.99 Å². The number of amidine groups is 1. The van der Waals surface area contributed by atoms with Gasteiger partial charge in [0.25, 0.3) is 6.02 Å². The van der Waals surface area contributed by atoms with E-state index >= 15 is 0 Å². The second-order valence-corrected chi connectivity index (χ2v) is 5.94. The number of aliphatic imine (C=N–C) groups is 1. The van der Waals surface area contributed by atoms with Gasteiger partial charge < -0.3 is 10.1 Å². The van der Waals surface area contributed by atoms with Gasteiger partial charge in [-0.25, -0.2) is 0 Å². The molecule has 0 saturated carbocycles. The Morgan fingerprint density at radius 3 is 2.68 bits per heavy atom. The van der Waals surface area contributed by atoms with Crippen LogP contribution in [-0.4, -0.2) is 12.6 Å². The van der Waals surface area contributed by atoms with Crippen LogP contribution in [-0.2, 0) is 10.3 Å². The molecule has 22 heavy (non-hydrogen) atoms. The number of halogens is 1. The molecule has 1 atom stereocenters. The lowest BCUT2D eigenvalue weighted by atomic mass is 9.86.